The van der Waals surface area contributed by atoms with Gasteiger partial charge in [0.05, 0.1) is 28.8 Å². The summed E-state index contributed by atoms with van der Waals surface area (Å²) in [5.41, 5.74) is 0.409. The molecule has 0 spiro atoms. The first-order valence-corrected chi connectivity index (χ1v) is 9.86. The molecule has 0 aromatic rings. The Hall–Kier alpha value is -2.23. The predicted molar refractivity (Wildman–Crippen MR) is 96.5 cm³/mol. The molecule has 0 saturated carbocycles. The van der Waals surface area contributed by atoms with Crippen LogP contribution in [0.15, 0.2) is 11.3 Å². The molecule has 3 aliphatic rings. The van der Waals surface area contributed by atoms with Gasteiger partial charge in [-0.3, -0.25) is 4.79 Å². The summed E-state index contributed by atoms with van der Waals surface area (Å²) in [6, 6.07) is -1.71. The fraction of sp³-hybridized carbons (Fsp3) is 0.647. The zero-order chi connectivity index (χ0) is 19.8. The number of carbonyl (C=O) groups is 4. The van der Waals surface area contributed by atoms with Gasteiger partial charge < -0.3 is 25.0 Å². The van der Waals surface area contributed by atoms with Crippen molar-refractivity contribution in [1.82, 2.24) is 15.5 Å². The summed E-state index contributed by atoms with van der Waals surface area (Å²) in [5.74, 6) is -0.714. The molecule has 3 aliphatic heterocycles. The standard InChI is InChI=1S/C17H23N3O6S/c1-4-25-15(23)13-9(2)18-16(24)19-10(13)7-26-14(22)11-8-27-17(3)6-5-12(21)20(11)17/h9,11H,4-8H2,1-3H3,(H2,18,19,24)/t9-,11-,17-/m0/s1. The van der Waals surface area contributed by atoms with Gasteiger partial charge in [0.1, 0.15) is 12.6 Å². The Balaban J connectivity index is 1.72. The van der Waals surface area contributed by atoms with Crippen LogP contribution in [0, 0.1) is 0 Å². The molecule has 9 nitrogen and oxygen atoms in total. The Morgan fingerprint density at radius 1 is 1.33 bits per heavy atom. The van der Waals surface area contributed by atoms with Crippen LogP contribution in [0.1, 0.15) is 33.6 Å². The Bertz CT molecular complexity index is 723. The van der Waals surface area contributed by atoms with Gasteiger partial charge in [0, 0.05) is 12.2 Å². The number of rotatable bonds is 5. The summed E-state index contributed by atoms with van der Waals surface area (Å²) < 4.78 is 10.4. The number of hydrogen-bond acceptors (Lipinski definition) is 7. The van der Waals surface area contributed by atoms with Gasteiger partial charge >= 0.3 is 18.0 Å². The normalized spacial score (nSPS) is 30.0. The fourth-order valence-electron chi connectivity index (χ4n) is 3.63. The highest BCUT2D eigenvalue weighted by Gasteiger charge is 2.53. The molecule has 2 fully saturated rings. The minimum atomic E-state index is -0.656. The lowest BCUT2D eigenvalue weighted by molar-refractivity contribution is -0.153. The minimum absolute atomic E-state index is 0.0559. The third-order valence-electron chi connectivity index (χ3n) is 4.94. The molecule has 3 amide bonds. The van der Waals surface area contributed by atoms with E-state index in [2.05, 4.69) is 10.6 Å². The summed E-state index contributed by atoms with van der Waals surface area (Å²) >= 11 is 1.57. The quantitative estimate of drug-likeness (QED) is 0.650. The number of esters is 2. The van der Waals surface area contributed by atoms with E-state index in [4.69, 9.17) is 9.47 Å². The van der Waals surface area contributed by atoms with Crippen molar-refractivity contribution in [3.8, 4) is 0 Å². The first-order valence-electron chi connectivity index (χ1n) is 8.87. The van der Waals surface area contributed by atoms with Crippen molar-refractivity contribution in [2.24, 2.45) is 0 Å². The molecule has 3 rings (SSSR count). The van der Waals surface area contributed by atoms with Gasteiger partial charge in [0.15, 0.2) is 0 Å². The first kappa shape index (κ1) is 19.5. The Morgan fingerprint density at radius 2 is 2.07 bits per heavy atom. The van der Waals surface area contributed by atoms with Crippen molar-refractivity contribution < 1.29 is 28.7 Å². The second-order valence-corrected chi connectivity index (χ2v) is 8.31. The molecule has 0 aliphatic carbocycles. The van der Waals surface area contributed by atoms with Gasteiger partial charge in [-0.25, -0.2) is 14.4 Å². The van der Waals surface area contributed by atoms with Gasteiger partial charge in [-0.2, -0.15) is 0 Å². The Morgan fingerprint density at radius 3 is 2.78 bits per heavy atom. The van der Waals surface area contributed by atoms with E-state index in [-0.39, 0.29) is 35.3 Å². The number of nitrogens with zero attached hydrogens (tertiary/aromatic N) is 1. The van der Waals surface area contributed by atoms with E-state index in [0.29, 0.717) is 18.6 Å². The largest absolute Gasteiger partial charge is 0.463 e. The van der Waals surface area contributed by atoms with Crippen LogP contribution in [0.5, 0.6) is 0 Å². The highest BCUT2D eigenvalue weighted by molar-refractivity contribution is 8.01. The molecule has 0 radical (unpaired) electrons. The average molecular weight is 397 g/mol. The fourth-order valence-corrected chi connectivity index (χ4v) is 5.04. The van der Waals surface area contributed by atoms with E-state index in [1.54, 1.807) is 30.5 Å². The molecule has 0 unspecified atom stereocenters. The monoisotopic (exact) mass is 397 g/mol. The minimum Gasteiger partial charge on any atom is -0.463 e. The van der Waals surface area contributed by atoms with Crippen LogP contribution in [-0.4, -0.2) is 64.7 Å². The van der Waals surface area contributed by atoms with Crippen LogP contribution >= 0.6 is 11.8 Å². The molecule has 2 saturated heterocycles. The molecule has 3 heterocycles. The maximum atomic E-state index is 12.6. The molecule has 10 heteroatoms. The van der Waals surface area contributed by atoms with Crippen molar-refractivity contribution in [3.63, 3.8) is 0 Å². The van der Waals surface area contributed by atoms with Crippen LogP contribution < -0.4 is 10.6 Å². The van der Waals surface area contributed by atoms with Gasteiger partial charge in [-0.05, 0) is 27.2 Å². The van der Waals surface area contributed by atoms with Crippen LogP contribution in [0.2, 0.25) is 0 Å². The maximum Gasteiger partial charge on any atom is 0.338 e. The number of fused-ring (bicyclic) bond motifs is 1. The summed E-state index contributed by atoms with van der Waals surface area (Å²) in [7, 11) is 0. The Kier molecular flexibility index (Phi) is 5.36. The Labute approximate surface area is 161 Å². The van der Waals surface area contributed by atoms with Crippen molar-refractivity contribution in [2.45, 2.75) is 50.6 Å². The zero-order valence-electron chi connectivity index (χ0n) is 15.5. The van der Waals surface area contributed by atoms with Crippen LogP contribution in [0.25, 0.3) is 0 Å². The smallest absolute Gasteiger partial charge is 0.338 e. The number of nitrogens with one attached hydrogen (secondary N) is 2. The number of carbonyl (C=O) groups excluding carboxylic acids is 4. The van der Waals surface area contributed by atoms with E-state index < -0.39 is 30.1 Å². The SMILES string of the molecule is CCOC(=O)C1=C(COC(=O)[C@@H]2CS[C@@]3(C)CCC(=O)N23)NC(=O)N[C@H]1C. The van der Waals surface area contributed by atoms with E-state index in [1.807, 2.05) is 6.92 Å². The molecule has 148 valence electrons. The molecular weight excluding hydrogens is 374 g/mol. The van der Waals surface area contributed by atoms with Gasteiger partial charge in [0.2, 0.25) is 5.91 Å². The highest BCUT2D eigenvalue weighted by Crippen LogP contribution is 2.47. The maximum absolute atomic E-state index is 12.6. The van der Waals surface area contributed by atoms with Crippen molar-refractivity contribution in [3.05, 3.63) is 11.3 Å². The molecule has 0 aromatic heterocycles. The molecule has 3 atom stereocenters. The first-order chi connectivity index (χ1) is 12.8. The summed E-state index contributed by atoms with van der Waals surface area (Å²) in [5, 5.41) is 5.09. The molecular formula is C17H23N3O6S. The van der Waals surface area contributed by atoms with Crippen molar-refractivity contribution in [2.75, 3.05) is 19.0 Å². The topological polar surface area (TPSA) is 114 Å². The second-order valence-electron chi connectivity index (χ2n) is 6.81. The highest BCUT2D eigenvalue weighted by atomic mass is 32.2. The number of ether oxygens (including phenoxy) is 2. The lowest BCUT2D eigenvalue weighted by atomic mass is 10.0. The van der Waals surface area contributed by atoms with Crippen LogP contribution in [0.3, 0.4) is 0 Å². The van der Waals surface area contributed by atoms with Gasteiger partial charge in [-0.1, -0.05) is 0 Å². The van der Waals surface area contributed by atoms with Crippen LogP contribution in [0.4, 0.5) is 4.79 Å². The number of amides is 3. The van der Waals surface area contributed by atoms with E-state index in [0.717, 1.165) is 0 Å². The van der Waals surface area contributed by atoms with E-state index in [1.165, 1.54) is 0 Å². The van der Waals surface area contributed by atoms with Gasteiger partial charge in [-0.15, -0.1) is 11.8 Å². The van der Waals surface area contributed by atoms with Crippen molar-refractivity contribution in [1.29, 1.82) is 0 Å². The lowest BCUT2D eigenvalue weighted by Crippen LogP contribution is -2.50. The molecule has 0 aromatic carbocycles. The third kappa shape index (κ3) is 3.62. The second kappa shape index (κ2) is 7.41. The average Bonchev–Trinajstić information content (AvgIpc) is 3.08. The predicted octanol–water partition coefficient (Wildman–Crippen LogP) is 0.502. The molecule has 0 bridgehead atoms. The summed E-state index contributed by atoms with van der Waals surface area (Å²) in [6.07, 6.45) is 1.13. The number of hydrogen-bond donors (Lipinski definition) is 2. The zero-order valence-corrected chi connectivity index (χ0v) is 16.3. The number of urea groups is 1. The van der Waals surface area contributed by atoms with Crippen molar-refractivity contribution >= 4 is 35.6 Å². The summed E-state index contributed by atoms with van der Waals surface area (Å²) in [4.78, 5) is 49.9. The molecule has 2 N–H and O–H groups in total. The third-order valence-corrected chi connectivity index (χ3v) is 6.45. The van der Waals surface area contributed by atoms with Gasteiger partial charge in [0.25, 0.3) is 0 Å². The number of thioether (sulfide) groups is 1. The lowest BCUT2D eigenvalue weighted by Gasteiger charge is -2.30. The van der Waals surface area contributed by atoms with Crippen LogP contribution in [-0.2, 0) is 23.9 Å². The van der Waals surface area contributed by atoms with E-state index >= 15 is 0 Å². The summed E-state index contributed by atoms with van der Waals surface area (Å²) in [6.45, 7) is 5.19. The molecule has 27 heavy (non-hydrogen) atoms. The van der Waals surface area contributed by atoms with E-state index in [9.17, 15) is 19.2 Å².